The first-order chi connectivity index (χ1) is 11.8. The van der Waals surface area contributed by atoms with E-state index in [-0.39, 0.29) is 0 Å². The lowest BCUT2D eigenvalue weighted by Crippen LogP contribution is -2.76. The van der Waals surface area contributed by atoms with Crippen LogP contribution >= 0.6 is 0 Å². The molecule has 5 rings (SSSR count). The van der Waals surface area contributed by atoms with E-state index in [2.05, 4.69) is 0 Å². The lowest BCUT2D eigenvalue weighted by atomic mass is 9.82. The maximum atomic E-state index is 12.3. The summed E-state index contributed by atoms with van der Waals surface area (Å²) >= 11 is 0. The monoisotopic (exact) mass is 372 g/mol. The normalized spacial score (nSPS) is 39.4. The van der Waals surface area contributed by atoms with E-state index in [0.717, 1.165) is 6.26 Å². The Bertz CT molecular complexity index is 764. The summed E-state index contributed by atoms with van der Waals surface area (Å²) in [7, 11) is -3.85. The van der Waals surface area contributed by atoms with Crippen molar-refractivity contribution in [2.75, 3.05) is 6.26 Å². The second-order valence-electron chi connectivity index (χ2n) is 6.08. The van der Waals surface area contributed by atoms with Gasteiger partial charge in [0, 0.05) is 0 Å². The molecule has 9 nitrogen and oxygen atoms in total. The molecule has 25 heavy (non-hydrogen) atoms. The molecule has 0 aromatic heterocycles. The summed E-state index contributed by atoms with van der Waals surface area (Å²) in [4.78, 5) is 12.3. The van der Waals surface area contributed by atoms with Gasteiger partial charge in [0.1, 0.15) is 30.5 Å². The fraction of sp³-hybridized carbons (Fsp3) is 0.533. The van der Waals surface area contributed by atoms with Gasteiger partial charge in [-0.05, 0) is 12.1 Å². The number of carbonyl (C=O) groups excluding carboxylic acids is 1. The molecule has 3 saturated heterocycles. The largest absolute Gasteiger partial charge is 0.453 e. The van der Waals surface area contributed by atoms with Gasteiger partial charge in [-0.3, -0.25) is 4.18 Å². The van der Waals surface area contributed by atoms with Crippen molar-refractivity contribution in [3.8, 4) is 0 Å². The second-order valence-corrected chi connectivity index (χ2v) is 7.68. The lowest BCUT2D eigenvalue weighted by molar-refractivity contribution is -0.477. The third-order valence-corrected chi connectivity index (χ3v) is 4.88. The van der Waals surface area contributed by atoms with E-state index in [0.29, 0.717) is 5.56 Å². The van der Waals surface area contributed by atoms with Crippen LogP contribution in [0.2, 0.25) is 0 Å². The molecule has 3 heterocycles. The first-order valence-electron chi connectivity index (χ1n) is 7.62. The summed E-state index contributed by atoms with van der Waals surface area (Å²) in [6, 6.07) is 8.26. The highest BCUT2D eigenvalue weighted by Gasteiger charge is 2.64. The standard InChI is InChI=1S/C15H16O9S/c1-25(18,19)24-13-10-8(16)9-11(12(13)23-15(21-9)22-10)20-14(17)7-5-3-2-4-6-7/h2-6,8-13,15-16H,1H3/t8-,9-,10+,11-,12-,13-,15?/m0/s1. The Labute approximate surface area is 143 Å². The van der Waals surface area contributed by atoms with Crippen LogP contribution in [0.15, 0.2) is 30.3 Å². The number of ether oxygens (including phenoxy) is 4. The molecule has 3 aliphatic heterocycles. The number of carbonyl (C=O) groups is 1. The van der Waals surface area contributed by atoms with Gasteiger partial charge in [0.25, 0.3) is 16.6 Å². The summed E-state index contributed by atoms with van der Waals surface area (Å²) in [5.41, 5.74) is 0.308. The highest BCUT2D eigenvalue weighted by atomic mass is 32.2. The van der Waals surface area contributed by atoms with E-state index in [1.165, 1.54) is 0 Å². The van der Waals surface area contributed by atoms with Crippen LogP contribution in [0, 0.1) is 0 Å². The Morgan fingerprint density at radius 1 is 1.04 bits per heavy atom. The summed E-state index contributed by atoms with van der Waals surface area (Å²) in [6.45, 7) is -1.06. The minimum absolute atomic E-state index is 0.308. The van der Waals surface area contributed by atoms with Gasteiger partial charge in [-0.15, -0.1) is 0 Å². The third-order valence-electron chi connectivity index (χ3n) is 4.31. The number of esters is 1. The fourth-order valence-electron chi connectivity index (χ4n) is 3.30. The molecule has 1 saturated carbocycles. The van der Waals surface area contributed by atoms with Crippen molar-refractivity contribution >= 4 is 16.1 Å². The van der Waals surface area contributed by atoms with E-state index in [1.54, 1.807) is 30.3 Å². The number of rotatable bonds is 4. The maximum absolute atomic E-state index is 12.3. The molecule has 1 aromatic rings. The van der Waals surface area contributed by atoms with Crippen molar-refractivity contribution in [1.29, 1.82) is 0 Å². The van der Waals surface area contributed by atoms with Gasteiger partial charge < -0.3 is 24.1 Å². The van der Waals surface area contributed by atoms with E-state index < -0.39 is 59.2 Å². The molecular weight excluding hydrogens is 356 g/mol. The number of benzene rings is 1. The summed E-state index contributed by atoms with van der Waals surface area (Å²) in [5.74, 6) is -0.642. The molecule has 7 atom stereocenters. The third kappa shape index (κ3) is 3.05. The molecule has 10 heteroatoms. The highest BCUT2D eigenvalue weighted by molar-refractivity contribution is 7.86. The smallest absolute Gasteiger partial charge is 0.338 e. The molecule has 136 valence electrons. The van der Waals surface area contributed by atoms with Crippen LogP contribution < -0.4 is 0 Å². The Hall–Kier alpha value is -1.56. The van der Waals surface area contributed by atoms with Crippen LogP contribution in [-0.4, -0.2) is 68.8 Å². The molecule has 0 amide bonds. The van der Waals surface area contributed by atoms with E-state index in [1.807, 2.05) is 0 Å². The topological polar surface area (TPSA) is 118 Å². The predicted octanol–water partition coefficient (Wildman–Crippen LogP) is -0.602. The minimum Gasteiger partial charge on any atom is -0.453 e. The fourth-order valence-corrected chi connectivity index (χ4v) is 3.92. The average Bonchev–Trinajstić information content (AvgIpc) is 2.57. The van der Waals surface area contributed by atoms with Crippen LogP contribution in [0.4, 0.5) is 0 Å². The summed E-state index contributed by atoms with van der Waals surface area (Å²) < 4.78 is 49.7. The summed E-state index contributed by atoms with van der Waals surface area (Å²) in [5, 5.41) is 10.4. The molecule has 4 bridgehead atoms. The molecule has 4 fully saturated rings. The predicted molar refractivity (Wildman–Crippen MR) is 79.8 cm³/mol. The van der Waals surface area contributed by atoms with Gasteiger partial charge in [0.15, 0.2) is 6.10 Å². The van der Waals surface area contributed by atoms with Gasteiger partial charge in [0.2, 0.25) is 0 Å². The maximum Gasteiger partial charge on any atom is 0.338 e. The zero-order valence-electron chi connectivity index (χ0n) is 13.0. The zero-order chi connectivity index (χ0) is 17.8. The zero-order valence-corrected chi connectivity index (χ0v) is 13.9. The first kappa shape index (κ1) is 16.9. The summed E-state index contributed by atoms with van der Waals surface area (Å²) in [6.07, 6.45) is -5.31. The average molecular weight is 372 g/mol. The quantitative estimate of drug-likeness (QED) is 0.546. The molecule has 0 spiro atoms. The Morgan fingerprint density at radius 2 is 1.64 bits per heavy atom. The molecule has 1 unspecified atom stereocenters. The number of aliphatic hydroxyl groups excluding tert-OH is 1. The van der Waals surface area contributed by atoms with Crippen molar-refractivity contribution in [1.82, 2.24) is 0 Å². The minimum atomic E-state index is -3.85. The number of hydrogen-bond acceptors (Lipinski definition) is 9. The van der Waals surface area contributed by atoms with Crippen LogP contribution in [0.3, 0.4) is 0 Å². The SMILES string of the molecule is CS(=O)(=O)O[C@@H]1[C@H]2OC3O[C@@H]1[C@@H](O)[C@H](O3)[C@@H]2OC(=O)c1ccccc1. The number of hydrogen-bond donors (Lipinski definition) is 1. The van der Waals surface area contributed by atoms with Crippen LogP contribution in [0.1, 0.15) is 10.4 Å². The molecule has 4 aliphatic rings. The Kier molecular flexibility index (Phi) is 4.06. The molecule has 1 aliphatic carbocycles. The molecule has 0 radical (unpaired) electrons. The van der Waals surface area contributed by atoms with Gasteiger partial charge in [-0.25, -0.2) is 4.79 Å². The second kappa shape index (κ2) is 6.01. The van der Waals surface area contributed by atoms with Crippen molar-refractivity contribution < 1.29 is 41.4 Å². The number of aliphatic hydroxyl groups is 1. The molecule has 1 aromatic carbocycles. The van der Waals surface area contributed by atoms with Gasteiger partial charge in [0.05, 0.1) is 11.8 Å². The van der Waals surface area contributed by atoms with Crippen molar-refractivity contribution in [2.24, 2.45) is 0 Å². The first-order valence-corrected chi connectivity index (χ1v) is 9.44. The van der Waals surface area contributed by atoms with Crippen LogP contribution in [0.25, 0.3) is 0 Å². The van der Waals surface area contributed by atoms with Crippen molar-refractivity contribution in [3.05, 3.63) is 35.9 Å². The van der Waals surface area contributed by atoms with Gasteiger partial charge >= 0.3 is 5.97 Å². The lowest BCUT2D eigenvalue weighted by Gasteiger charge is -2.56. The van der Waals surface area contributed by atoms with Gasteiger partial charge in [-0.1, -0.05) is 18.2 Å². The van der Waals surface area contributed by atoms with Crippen LogP contribution in [-0.2, 0) is 33.2 Å². The van der Waals surface area contributed by atoms with Crippen molar-refractivity contribution in [2.45, 2.75) is 43.1 Å². The van der Waals surface area contributed by atoms with Crippen LogP contribution in [0.5, 0.6) is 0 Å². The molecular formula is C15H16O9S. The Balaban J connectivity index is 1.60. The van der Waals surface area contributed by atoms with E-state index in [9.17, 15) is 18.3 Å². The Morgan fingerprint density at radius 3 is 2.28 bits per heavy atom. The van der Waals surface area contributed by atoms with E-state index >= 15 is 0 Å². The molecule has 1 N–H and O–H groups in total. The van der Waals surface area contributed by atoms with Crippen molar-refractivity contribution in [3.63, 3.8) is 0 Å². The van der Waals surface area contributed by atoms with E-state index in [4.69, 9.17) is 23.1 Å². The highest BCUT2D eigenvalue weighted by Crippen LogP contribution is 2.42. The van der Waals surface area contributed by atoms with Gasteiger partial charge in [-0.2, -0.15) is 8.42 Å².